The first-order valence-electron chi connectivity index (χ1n) is 9.53. The molecule has 0 aliphatic rings. The molecule has 0 saturated carbocycles. The van der Waals surface area contributed by atoms with Crippen LogP contribution in [0.5, 0.6) is 5.75 Å². The van der Waals surface area contributed by atoms with Crippen LogP contribution in [-0.4, -0.2) is 58.3 Å². The highest BCUT2D eigenvalue weighted by atomic mass is 32.2. The van der Waals surface area contributed by atoms with E-state index in [1.54, 1.807) is 25.5 Å². The normalized spacial score (nSPS) is 11.0. The van der Waals surface area contributed by atoms with E-state index in [1.807, 2.05) is 16.9 Å². The number of carbonyl (C=O) groups excluding carboxylic acids is 2. The minimum atomic E-state index is -4.20. The third kappa shape index (κ3) is 8.04. The van der Waals surface area contributed by atoms with E-state index in [4.69, 9.17) is 9.47 Å². The Hall–Kier alpha value is -3.16. The molecule has 0 spiro atoms. The first-order valence-corrected chi connectivity index (χ1v) is 12.2. The number of amides is 1. The molecular formula is C20H23N3O8S2. The fourth-order valence-electron chi connectivity index (χ4n) is 2.60. The number of esters is 1. The summed E-state index contributed by atoms with van der Waals surface area (Å²) in [5, 5.41) is 13.7. The lowest BCUT2D eigenvalue weighted by molar-refractivity contribution is -0.388. The molecule has 178 valence electrons. The van der Waals surface area contributed by atoms with Gasteiger partial charge in [0.15, 0.2) is 6.61 Å². The molecule has 13 heteroatoms. The lowest BCUT2D eigenvalue weighted by atomic mass is 10.1. The van der Waals surface area contributed by atoms with Crippen LogP contribution in [0.3, 0.4) is 0 Å². The Kier molecular flexibility index (Phi) is 9.63. The second-order valence-corrected chi connectivity index (χ2v) is 9.14. The minimum absolute atomic E-state index is 0.302. The highest BCUT2D eigenvalue weighted by Crippen LogP contribution is 2.29. The summed E-state index contributed by atoms with van der Waals surface area (Å²) in [6, 6.07) is 10.7. The number of nitrogens with one attached hydrogen (secondary N) is 2. The summed E-state index contributed by atoms with van der Waals surface area (Å²) < 4.78 is 36.5. The van der Waals surface area contributed by atoms with Crippen LogP contribution < -0.4 is 14.8 Å². The number of hydrogen-bond donors (Lipinski definition) is 2. The third-order valence-corrected chi connectivity index (χ3v) is 6.51. The summed E-state index contributed by atoms with van der Waals surface area (Å²) in [6.07, 6.45) is 2.19. The monoisotopic (exact) mass is 497 g/mol. The van der Waals surface area contributed by atoms with Gasteiger partial charge in [-0.3, -0.25) is 19.7 Å². The molecule has 2 rings (SSSR count). The molecule has 0 bridgehead atoms. The van der Waals surface area contributed by atoms with Crippen molar-refractivity contribution < 1.29 is 32.4 Å². The standard InChI is InChI=1S/C20H23N3O8S2/c1-30-15-5-3-14(4-6-15)9-10-21-19(24)13-31-20(25)12-22-33(28,29)16-7-8-18(32-2)17(11-16)23(26)27/h3-8,11,22H,9-10,12-13H2,1-2H3,(H,21,24). The van der Waals surface area contributed by atoms with Crippen molar-refractivity contribution in [3.05, 3.63) is 58.1 Å². The number of nitrogens with zero attached hydrogens (tertiary/aromatic N) is 1. The molecule has 33 heavy (non-hydrogen) atoms. The Labute approximate surface area is 195 Å². The van der Waals surface area contributed by atoms with Gasteiger partial charge in [-0.1, -0.05) is 12.1 Å². The maximum atomic E-state index is 12.3. The van der Waals surface area contributed by atoms with Crippen LogP contribution in [0.2, 0.25) is 0 Å². The average molecular weight is 498 g/mol. The highest BCUT2D eigenvalue weighted by molar-refractivity contribution is 7.98. The van der Waals surface area contributed by atoms with E-state index in [2.05, 4.69) is 5.32 Å². The Morgan fingerprint density at radius 1 is 1.15 bits per heavy atom. The van der Waals surface area contributed by atoms with Crippen LogP contribution in [0.15, 0.2) is 52.3 Å². The van der Waals surface area contributed by atoms with Crippen LogP contribution in [0.1, 0.15) is 5.56 Å². The van der Waals surface area contributed by atoms with E-state index in [0.29, 0.717) is 17.9 Å². The smallest absolute Gasteiger partial charge is 0.321 e. The first kappa shape index (κ1) is 26.1. The topological polar surface area (TPSA) is 154 Å². The van der Waals surface area contributed by atoms with Gasteiger partial charge in [-0.25, -0.2) is 8.42 Å². The second-order valence-electron chi connectivity index (χ2n) is 6.52. The number of nitro groups is 1. The summed E-state index contributed by atoms with van der Waals surface area (Å²) in [5.74, 6) is -0.789. The SMILES string of the molecule is COc1ccc(CCNC(=O)COC(=O)CNS(=O)(=O)c2ccc(SC)c([N+](=O)[O-])c2)cc1. The van der Waals surface area contributed by atoms with E-state index in [-0.39, 0.29) is 10.6 Å². The lowest BCUT2D eigenvalue weighted by Crippen LogP contribution is -2.34. The van der Waals surface area contributed by atoms with Gasteiger partial charge in [-0.15, -0.1) is 11.8 Å². The van der Waals surface area contributed by atoms with Gasteiger partial charge in [-0.05, 0) is 42.5 Å². The second kappa shape index (κ2) is 12.2. The molecule has 0 saturated heterocycles. The van der Waals surface area contributed by atoms with Crippen molar-refractivity contribution in [1.29, 1.82) is 0 Å². The Balaban J connectivity index is 1.78. The maximum absolute atomic E-state index is 12.3. The van der Waals surface area contributed by atoms with Crippen LogP contribution in [0.4, 0.5) is 5.69 Å². The number of benzene rings is 2. The van der Waals surface area contributed by atoms with Gasteiger partial charge in [0.05, 0.1) is 21.8 Å². The zero-order chi connectivity index (χ0) is 24.4. The zero-order valence-corrected chi connectivity index (χ0v) is 19.5. The predicted octanol–water partition coefficient (Wildman–Crippen LogP) is 1.51. The lowest BCUT2D eigenvalue weighted by Gasteiger charge is -2.09. The highest BCUT2D eigenvalue weighted by Gasteiger charge is 2.22. The number of thioether (sulfide) groups is 1. The van der Waals surface area contributed by atoms with Gasteiger partial charge < -0.3 is 14.8 Å². The van der Waals surface area contributed by atoms with Gasteiger partial charge in [0.2, 0.25) is 10.0 Å². The van der Waals surface area contributed by atoms with Crippen molar-refractivity contribution in [1.82, 2.24) is 10.0 Å². The van der Waals surface area contributed by atoms with Crippen LogP contribution in [-0.2, 0) is 30.8 Å². The molecule has 2 aromatic rings. The zero-order valence-electron chi connectivity index (χ0n) is 17.9. The third-order valence-electron chi connectivity index (χ3n) is 4.32. The molecule has 2 N–H and O–H groups in total. The van der Waals surface area contributed by atoms with Gasteiger partial charge in [-0.2, -0.15) is 4.72 Å². The van der Waals surface area contributed by atoms with Gasteiger partial charge in [0.25, 0.3) is 11.6 Å². The molecule has 0 fully saturated rings. The van der Waals surface area contributed by atoms with E-state index >= 15 is 0 Å². The number of ether oxygens (including phenoxy) is 2. The van der Waals surface area contributed by atoms with E-state index in [0.717, 1.165) is 29.1 Å². The first-order chi connectivity index (χ1) is 15.7. The maximum Gasteiger partial charge on any atom is 0.321 e. The van der Waals surface area contributed by atoms with Crippen LogP contribution in [0.25, 0.3) is 0 Å². The van der Waals surface area contributed by atoms with Crippen LogP contribution in [0, 0.1) is 10.1 Å². The van der Waals surface area contributed by atoms with Crippen LogP contribution >= 0.6 is 11.8 Å². The Morgan fingerprint density at radius 2 is 1.85 bits per heavy atom. The summed E-state index contributed by atoms with van der Waals surface area (Å²) in [7, 11) is -2.63. The quantitative estimate of drug-likeness (QED) is 0.192. The fraction of sp³-hybridized carbons (Fsp3) is 0.300. The number of carbonyl (C=O) groups is 2. The van der Waals surface area contributed by atoms with Gasteiger partial charge in [0.1, 0.15) is 12.3 Å². The molecule has 2 aromatic carbocycles. The van der Waals surface area contributed by atoms with Crippen molar-refractivity contribution in [3.63, 3.8) is 0 Å². The molecule has 0 aromatic heterocycles. The number of methoxy groups -OCH3 is 1. The van der Waals surface area contributed by atoms with Crippen molar-refractivity contribution in [2.75, 3.05) is 33.1 Å². The van der Waals surface area contributed by atoms with Crippen molar-refractivity contribution >= 4 is 39.3 Å². The molecule has 0 heterocycles. The summed E-state index contributed by atoms with van der Waals surface area (Å²) in [4.78, 5) is 34.0. The average Bonchev–Trinajstić information content (AvgIpc) is 2.81. The Bertz CT molecular complexity index is 1100. The number of sulfonamides is 1. The fourth-order valence-corrected chi connectivity index (χ4v) is 4.14. The van der Waals surface area contributed by atoms with Crippen molar-refractivity contribution in [3.8, 4) is 5.75 Å². The largest absolute Gasteiger partial charge is 0.497 e. The summed E-state index contributed by atoms with van der Waals surface area (Å²) >= 11 is 1.10. The molecule has 0 unspecified atom stereocenters. The number of nitro benzene ring substituents is 1. The molecule has 0 aliphatic carbocycles. The molecule has 0 aliphatic heterocycles. The Morgan fingerprint density at radius 3 is 2.45 bits per heavy atom. The minimum Gasteiger partial charge on any atom is -0.497 e. The summed E-state index contributed by atoms with van der Waals surface area (Å²) in [5.41, 5.74) is 0.618. The van der Waals surface area contributed by atoms with E-state index < -0.39 is 40.0 Å². The molecule has 1 amide bonds. The molecular weight excluding hydrogens is 474 g/mol. The van der Waals surface area contributed by atoms with E-state index in [1.165, 1.54) is 12.1 Å². The molecule has 0 radical (unpaired) electrons. The van der Waals surface area contributed by atoms with Gasteiger partial charge >= 0.3 is 5.97 Å². The number of hydrogen-bond acceptors (Lipinski definition) is 9. The van der Waals surface area contributed by atoms with Crippen molar-refractivity contribution in [2.24, 2.45) is 0 Å². The van der Waals surface area contributed by atoms with Crippen molar-refractivity contribution in [2.45, 2.75) is 16.2 Å². The predicted molar refractivity (Wildman–Crippen MR) is 121 cm³/mol. The van der Waals surface area contributed by atoms with E-state index in [9.17, 15) is 28.1 Å². The number of rotatable bonds is 12. The molecule has 0 atom stereocenters. The summed E-state index contributed by atoms with van der Waals surface area (Å²) in [6.45, 7) is -0.989. The molecule has 11 nitrogen and oxygen atoms in total. The van der Waals surface area contributed by atoms with Gasteiger partial charge in [0, 0.05) is 12.6 Å².